The summed E-state index contributed by atoms with van der Waals surface area (Å²) in [5.74, 6) is 0.967. The molecule has 0 spiro atoms. The lowest BCUT2D eigenvalue weighted by atomic mass is 10.3. The number of anilines is 1. The Hall–Kier alpha value is -1.20. The van der Waals surface area contributed by atoms with Crippen LogP contribution in [-0.4, -0.2) is 42.1 Å². The van der Waals surface area contributed by atoms with Crippen LogP contribution in [0.3, 0.4) is 0 Å². The molecule has 0 bridgehead atoms. The third-order valence-corrected chi connectivity index (χ3v) is 3.48. The average Bonchev–Trinajstić information content (AvgIpc) is 2.77. The predicted octanol–water partition coefficient (Wildman–Crippen LogP) is 2.45. The second-order valence-electron chi connectivity index (χ2n) is 4.29. The second kappa shape index (κ2) is 5.93. The number of hydrogen-bond donors (Lipinski definition) is 1. The van der Waals surface area contributed by atoms with E-state index in [4.69, 9.17) is 0 Å². The van der Waals surface area contributed by atoms with Gasteiger partial charge in [-0.1, -0.05) is 0 Å². The van der Waals surface area contributed by atoms with Gasteiger partial charge in [0, 0.05) is 6.54 Å². The van der Waals surface area contributed by atoms with Gasteiger partial charge in [-0.15, -0.1) is 11.3 Å². The zero-order valence-corrected chi connectivity index (χ0v) is 11.1. The van der Waals surface area contributed by atoms with Gasteiger partial charge < -0.3 is 10.2 Å². The Labute approximate surface area is 106 Å². The zero-order valence-electron chi connectivity index (χ0n) is 10.3. The topological polar surface area (TPSA) is 41.0 Å². The Balaban J connectivity index is 1.84. The summed E-state index contributed by atoms with van der Waals surface area (Å²) >= 11 is 1.69. The standard InChI is InChI=1S/C12H18N4S/c1-16(2)7-4-3-6-13-12-11-10(5-8-17-11)14-9-15-12/h5,8-9H,3-4,6-7H2,1-2H3,(H,13,14,15). The minimum absolute atomic E-state index is 0.967. The van der Waals surface area contributed by atoms with Crippen molar-refractivity contribution in [2.24, 2.45) is 0 Å². The Morgan fingerprint density at radius 1 is 1.29 bits per heavy atom. The van der Waals surface area contributed by atoms with E-state index in [0.717, 1.165) is 35.5 Å². The first kappa shape index (κ1) is 12.3. The number of thiophene rings is 1. The number of nitrogens with one attached hydrogen (secondary N) is 1. The molecule has 2 heterocycles. The molecule has 0 aromatic carbocycles. The van der Waals surface area contributed by atoms with Gasteiger partial charge in [0.05, 0.1) is 10.2 Å². The molecule has 17 heavy (non-hydrogen) atoms. The Bertz CT molecular complexity index is 466. The van der Waals surface area contributed by atoms with Crippen molar-refractivity contribution >= 4 is 27.4 Å². The number of aromatic nitrogens is 2. The van der Waals surface area contributed by atoms with Crippen molar-refractivity contribution in [3.8, 4) is 0 Å². The third-order valence-electron chi connectivity index (χ3n) is 2.57. The molecular weight excluding hydrogens is 232 g/mol. The van der Waals surface area contributed by atoms with Gasteiger partial charge >= 0.3 is 0 Å². The molecule has 2 rings (SSSR count). The minimum atomic E-state index is 0.967. The molecule has 4 nitrogen and oxygen atoms in total. The normalized spacial score (nSPS) is 11.2. The van der Waals surface area contributed by atoms with E-state index in [-0.39, 0.29) is 0 Å². The number of fused-ring (bicyclic) bond motifs is 1. The van der Waals surface area contributed by atoms with Gasteiger partial charge in [0.25, 0.3) is 0 Å². The van der Waals surface area contributed by atoms with Crippen molar-refractivity contribution in [2.75, 3.05) is 32.5 Å². The van der Waals surface area contributed by atoms with Gasteiger partial charge in [-0.25, -0.2) is 9.97 Å². The van der Waals surface area contributed by atoms with Gasteiger partial charge in [0.2, 0.25) is 0 Å². The molecule has 0 radical (unpaired) electrons. The molecule has 5 heteroatoms. The fourth-order valence-electron chi connectivity index (χ4n) is 1.67. The molecule has 1 N–H and O–H groups in total. The van der Waals surface area contributed by atoms with E-state index in [1.54, 1.807) is 17.7 Å². The minimum Gasteiger partial charge on any atom is -0.369 e. The average molecular weight is 250 g/mol. The molecule has 0 atom stereocenters. The molecule has 0 amide bonds. The fourth-order valence-corrected chi connectivity index (χ4v) is 2.49. The van der Waals surface area contributed by atoms with Gasteiger partial charge in [-0.05, 0) is 44.9 Å². The molecule has 0 saturated heterocycles. The quantitative estimate of drug-likeness (QED) is 0.800. The van der Waals surface area contributed by atoms with Crippen molar-refractivity contribution in [1.82, 2.24) is 14.9 Å². The monoisotopic (exact) mass is 250 g/mol. The molecule has 0 fully saturated rings. The highest BCUT2D eigenvalue weighted by atomic mass is 32.1. The van der Waals surface area contributed by atoms with Crippen molar-refractivity contribution in [3.63, 3.8) is 0 Å². The summed E-state index contributed by atoms with van der Waals surface area (Å²) in [5, 5.41) is 5.44. The second-order valence-corrected chi connectivity index (χ2v) is 5.21. The maximum atomic E-state index is 4.29. The van der Waals surface area contributed by atoms with Crippen LogP contribution in [0.2, 0.25) is 0 Å². The van der Waals surface area contributed by atoms with E-state index in [2.05, 4.69) is 39.7 Å². The number of nitrogens with zero attached hydrogens (tertiary/aromatic N) is 3. The van der Waals surface area contributed by atoms with Crippen LogP contribution in [0.25, 0.3) is 10.2 Å². The van der Waals surface area contributed by atoms with Crippen LogP contribution in [0.5, 0.6) is 0 Å². The highest BCUT2D eigenvalue weighted by Gasteiger charge is 2.03. The largest absolute Gasteiger partial charge is 0.369 e. The van der Waals surface area contributed by atoms with Gasteiger partial charge in [0.15, 0.2) is 0 Å². The first-order valence-corrected chi connectivity index (χ1v) is 6.72. The molecule has 92 valence electrons. The summed E-state index contributed by atoms with van der Waals surface area (Å²) in [6.07, 6.45) is 3.99. The summed E-state index contributed by atoms with van der Waals surface area (Å²) in [4.78, 5) is 10.7. The molecule has 0 aliphatic rings. The molecular formula is C12H18N4S. The third kappa shape index (κ3) is 3.38. The van der Waals surface area contributed by atoms with Crippen molar-refractivity contribution < 1.29 is 0 Å². The van der Waals surface area contributed by atoms with Crippen molar-refractivity contribution in [2.45, 2.75) is 12.8 Å². The number of unbranched alkanes of at least 4 members (excludes halogenated alkanes) is 1. The van der Waals surface area contributed by atoms with Gasteiger partial charge in [-0.2, -0.15) is 0 Å². The van der Waals surface area contributed by atoms with Crippen LogP contribution in [0.4, 0.5) is 5.82 Å². The van der Waals surface area contributed by atoms with Crippen LogP contribution >= 0.6 is 11.3 Å². The van der Waals surface area contributed by atoms with Crippen LogP contribution < -0.4 is 5.32 Å². The maximum Gasteiger partial charge on any atom is 0.147 e. The van der Waals surface area contributed by atoms with Crippen LogP contribution in [0, 0.1) is 0 Å². The highest BCUT2D eigenvalue weighted by Crippen LogP contribution is 2.24. The first-order valence-electron chi connectivity index (χ1n) is 5.84. The smallest absolute Gasteiger partial charge is 0.147 e. The fraction of sp³-hybridized carbons (Fsp3) is 0.500. The summed E-state index contributed by atoms with van der Waals surface area (Å²) in [6, 6.07) is 2.03. The van der Waals surface area contributed by atoms with Crippen LogP contribution in [0.1, 0.15) is 12.8 Å². The lowest BCUT2D eigenvalue weighted by Crippen LogP contribution is -2.14. The lowest BCUT2D eigenvalue weighted by Gasteiger charge is -2.09. The molecule has 2 aromatic heterocycles. The molecule has 0 saturated carbocycles. The summed E-state index contributed by atoms with van der Waals surface area (Å²) in [6.45, 7) is 2.11. The lowest BCUT2D eigenvalue weighted by molar-refractivity contribution is 0.396. The van der Waals surface area contributed by atoms with Gasteiger partial charge in [-0.3, -0.25) is 0 Å². The zero-order chi connectivity index (χ0) is 12.1. The predicted molar refractivity (Wildman–Crippen MR) is 73.7 cm³/mol. The summed E-state index contributed by atoms with van der Waals surface area (Å²) in [7, 11) is 4.21. The number of hydrogen-bond acceptors (Lipinski definition) is 5. The molecule has 0 aliphatic carbocycles. The molecule has 0 unspecified atom stereocenters. The summed E-state index contributed by atoms with van der Waals surface area (Å²) in [5.41, 5.74) is 1.03. The Morgan fingerprint density at radius 3 is 3.00 bits per heavy atom. The Morgan fingerprint density at radius 2 is 2.18 bits per heavy atom. The number of rotatable bonds is 6. The molecule has 0 aliphatic heterocycles. The summed E-state index contributed by atoms with van der Waals surface area (Å²) < 4.78 is 1.15. The molecule has 2 aromatic rings. The highest BCUT2D eigenvalue weighted by molar-refractivity contribution is 7.17. The van der Waals surface area contributed by atoms with Gasteiger partial charge in [0.1, 0.15) is 12.1 Å². The SMILES string of the molecule is CN(C)CCCCNc1ncnc2ccsc12. The van der Waals surface area contributed by atoms with E-state index < -0.39 is 0 Å². The van der Waals surface area contributed by atoms with E-state index in [1.807, 2.05) is 6.07 Å². The van der Waals surface area contributed by atoms with E-state index >= 15 is 0 Å². The van der Waals surface area contributed by atoms with Crippen molar-refractivity contribution in [1.29, 1.82) is 0 Å². The Kier molecular flexibility index (Phi) is 4.28. The first-order chi connectivity index (χ1) is 8.27. The van der Waals surface area contributed by atoms with Crippen LogP contribution in [0.15, 0.2) is 17.8 Å². The van der Waals surface area contributed by atoms with E-state index in [1.165, 1.54) is 6.42 Å². The van der Waals surface area contributed by atoms with Crippen LogP contribution in [-0.2, 0) is 0 Å². The van der Waals surface area contributed by atoms with E-state index in [0.29, 0.717) is 0 Å². The van der Waals surface area contributed by atoms with Crippen molar-refractivity contribution in [3.05, 3.63) is 17.8 Å². The van der Waals surface area contributed by atoms with E-state index in [9.17, 15) is 0 Å². The maximum absolute atomic E-state index is 4.29.